The molecular formula is C26H25N3O3S. The number of aromatic nitrogens is 1. The Morgan fingerprint density at radius 1 is 1.24 bits per heavy atom. The van der Waals surface area contributed by atoms with Crippen LogP contribution in [0.3, 0.4) is 0 Å². The van der Waals surface area contributed by atoms with E-state index in [1.54, 1.807) is 13.2 Å². The quantitative estimate of drug-likeness (QED) is 0.331. The van der Waals surface area contributed by atoms with Crippen LogP contribution < -0.4 is 15.4 Å². The van der Waals surface area contributed by atoms with E-state index < -0.39 is 0 Å². The summed E-state index contributed by atoms with van der Waals surface area (Å²) in [5, 5.41) is 6.11. The van der Waals surface area contributed by atoms with Gasteiger partial charge in [0, 0.05) is 42.0 Å². The molecule has 1 saturated carbocycles. The van der Waals surface area contributed by atoms with Gasteiger partial charge in [-0.3, -0.25) is 4.79 Å². The smallest absolute Gasteiger partial charge is 0.228 e. The highest BCUT2D eigenvalue weighted by molar-refractivity contribution is 7.80. The van der Waals surface area contributed by atoms with Gasteiger partial charge in [0.1, 0.15) is 23.6 Å². The highest BCUT2D eigenvalue weighted by Gasteiger charge is 2.59. The van der Waals surface area contributed by atoms with Crippen LogP contribution in [0.15, 0.2) is 59.6 Å². The Morgan fingerprint density at radius 3 is 2.88 bits per heavy atom. The third-order valence-corrected chi connectivity index (χ3v) is 6.94. The van der Waals surface area contributed by atoms with Crippen molar-refractivity contribution in [3.63, 3.8) is 0 Å². The molecule has 0 bridgehead atoms. The van der Waals surface area contributed by atoms with Crippen molar-refractivity contribution in [1.82, 2.24) is 4.98 Å². The molecule has 0 radical (unpaired) electrons. The van der Waals surface area contributed by atoms with Crippen molar-refractivity contribution in [2.75, 3.05) is 17.7 Å². The molecule has 0 saturated heterocycles. The topological polar surface area (TPSA) is 80.3 Å². The Bertz CT molecular complexity index is 1230. The van der Waals surface area contributed by atoms with E-state index >= 15 is 0 Å². The molecule has 0 aliphatic heterocycles. The van der Waals surface area contributed by atoms with Crippen LogP contribution in [-0.4, -0.2) is 24.2 Å². The normalized spacial score (nSPS) is 19.9. The number of amides is 1. The number of hydrogen-bond acceptors (Lipinski definition) is 6. The van der Waals surface area contributed by atoms with Gasteiger partial charge in [0.15, 0.2) is 0 Å². The summed E-state index contributed by atoms with van der Waals surface area (Å²) < 4.78 is 6.24. The molecular weight excluding hydrogens is 434 g/mol. The monoisotopic (exact) mass is 459 g/mol. The van der Waals surface area contributed by atoms with E-state index in [1.165, 1.54) is 11.1 Å². The summed E-state index contributed by atoms with van der Waals surface area (Å²) in [7, 11) is 1.80. The standard InChI is InChI=1S/C26H25N3O3S/c1-27-25-17(5-4-12-30)21(10-11-28-25)32-16-9-8-15-13-19-23(18(15)14-16)24(19)26(31)29-20-6-2-3-7-22(20)33/h2-3,6-12,14,19,23-24,33H,4-5,13H2,1H3,(H,27,28)(H,29,31). The molecule has 3 atom stereocenters. The van der Waals surface area contributed by atoms with Gasteiger partial charge in [-0.05, 0) is 60.2 Å². The fourth-order valence-electron chi connectivity index (χ4n) is 4.95. The number of benzene rings is 2. The molecule has 33 heavy (non-hydrogen) atoms. The minimum Gasteiger partial charge on any atom is -0.457 e. The zero-order chi connectivity index (χ0) is 22.9. The average molecular weight is 460 g/mol. The van der Waals surface area contributed by atoms with Gasteiger partial charge in [0.05, 0.1) is 5.69 Å². The van der Waals surface area contributed by atoms with E-state index in [4.69, 9.17) is 4.74 Å². The fraction of sp³-hybridized carbons (Fsp3) is 0.269. The number of pyridine rings is 1. The van der Waals surface area contributed by atoms with Crippen molar-refractivity contribution in [2.45, 2.75) is 30.1 Å². The molecule has 7 heteroatoms. The van der Waals surface area contributed by atoms with E-state index in [2.05, 4.69) is 40.4 Å². The Kier molecular flexibility index (Phi) is 5.81. The van der Waals surface area contributed by atoms with Gasteiger partial charge in [-0.15, -0.1) is 12.6 Å². The van der Waals surface area contributed by atoms with Gasteiger partial charge < -0.3 is 20.2 Å². The maximum atomic E-state index is 12.9. The van der Waals surface area contributed by atoms with Crippen LogP contribution >= 0.6 is 12.6 Å². The number of anilines is 2. The van der Waals surface area contributed by atoms with E-state index in [1.807, 2.05) is 36.4 Å². The number of ether oxygens (including phenoxy) is 1. The van der Waals surface area contributed by atoms with E-state index in [0.29, 0.717) is 30.3 Å². The van der Waals surface area contributed by atoms with Crippen LogP contribution in [0.5, 0.6) is 11.5 Å². The van der Waals surface area contributed by atoms with Crippen LogP contribution in [0, 0.1) is 11.8 Å². The molecule has 1 heterocycles. The van der Waals surface area contributed by atoms with Crippen LogP contribution in [0.1, 0.15) is 29.0 Å². The highest BCUT2D eigenvalue weighted by atomic mass is 32.1. The van der Waals surface area contributed by atoms with Crippen molar-refractivity contribution < 1.29 is 14.3 Å². The minimum atomic E-state index is -0.0272. The Morgan fingerprint density at radius 2 is 2.09 bits per heavy atom. The Labute approximate surface area is 198 Å². The van der Waals surface area contributed by atoms with Crippen molar-refractivity contribution in [1.29, 1.82) is 0 Å². The predicted octanol–water partition coefficient (Wildman–Crippen LogP) is 4.86. The second-order valence-electron chi connectivity index (χ2n) is 8.48. The van der Waals surface area contributed by atoms with Crippen LogP contribution in [-0.2, 0) is 22.4 Å². The maximum Gasteiger partial charge on any atom is 0.228 e. The maximum absolute atomic E-state index is 12.9. The zero-order valence-corrected chi connectivity index (χ0v) is 19.1. The van der Waals surface area contributed by atoms with Crippen molar-refractivity contribution >= 4 is 36.3 Å². The van der Waals surface area contributed by atoms with Gasteiger partial charge in [-0.1, -0.05) is 18.2 Å². The van der Waals surface area contributed by atoms with E-state index in [9.17, 15) is 9.59 Å². The Balaban J connectivity index is 1.34. The number of nitrogens with one attached hydrogen (secondary N) is 2. The number of carbonyl (C=O) groups is 2. The number of nitrogens with zero attached hydrogens (tertiary/aromatic N) is 1. The van der Waals surface area contributed by atoms with Crippen molar-refractivity contribution in [3.8, 4) is 11.5 Å². The molecule has 6 nitrogen and oxygen atoms in total. The summed E-state index contributed by atoms with van der Waals surface area (Å²) in [5.74, 6) is 2.69. The van der Waals surface area contributed by atoms with Gasteiger partial charge in [0.25, 0.3) is 0 Å². The zero-order valence-electron chi connectivity index (χ0n) is 18.2. The van der Waals surface area contributed by atoms with Crippen molar-refractivity contribution in [3.05, 3.63) is 71.4 Å². The van der Waals surface area contributed by atoms with Gasteiger partial charge in [-0.25, -0.2) is 4.98 Å². The third-order valence-electron chi connectivity index (χ3n) is 6.55. The largest absolute Gasteiger partial charge is 0.457 e. The lowest BCUT2D eigenvalue weighted by molar-refractivity contribution is -0.117. The second-order valence-corrected chi connectivity index (χ2v) is 8.96. The molecule has 2 aromatic carbocycles. The number of para-hydroxylation sites is 1. The first kappa shape index (κ1) is 21.5. The summed E-state index contributed by atoms with van der Waals surface area (Å²) in [6.07, 6.45) is 4.44. The van der Waals surface area contributed by atoms with Crippen molar-refractivity contribution in [2.24, 2.45) is 11.8 Å². The average Bonchev–Trinajstić information content (AvgIpc) is 3.42. The predicted molar refractivity (Wildman–Crippen MR) is 130 cm³/mol. The third kappa shape index (κ3) is 4.09. The van der Waals surface area contributed by atoms with Gasteiger partial charge in [-0.2, -0.15) is 0 Å². The molecule has 2 aliphatic rings. The first-order chi connectivity index (χ1) is 16.1. The van der Waals surface area contributed by atoms with E-state index in [-0.39, 0.29) is 17.7 Å². The lowest BCUT2D eigenvalue weighted by Crippen LogP contribution is -2.17. The number of thiol groups is 1. The second kappa shape index (κ2) is 8.90. The lowest BCUT2D eigenvalue weighted by Gasteiger charge is -2.15. The summed E-state index contributed by atoms with van der Waals surface area (Å²) >= 11 is 4.43. The summed E-state index contributed by atoms with van der Waals surface area (Å²) in [5.41, 5.74) is 4.09. The Hall–Kier alpha value is -3.32. The SMILES string of the molecule is CNc1nccc(Oc2ccc3c(c2)C2C(C3)C2C(=O)Nc2ccccc2S)c1CCC=O. The molecule has 3 unspecified atom stereocenters. The van der Waals surface area contributed by atoms with Crippen LogP contribution in [0.4, 0.5) is 11.5 Å². The number of hydrogen-bond donors (Lipinski definition) is 3. The molecule has 0 spiro atoms. The first-order valence-corrected chi connectivity index (χ1v) is 11.5. The molecule has 1 amide bonds. The molecule has 1 aromatic heterocycles. The molecule has 2 aliphatic carbocycles. The van der Waals surface area contributed by atoms with Gasteiger partial charge >= 0.3 is 0 Å². The van der Waals surface area contributed by atoms with Crippen LogP contribution in [0.2, 0.25) is 0 Å². The number of fused-ring (bicyclic) bond motifs is 3. The lowest BCUT2D eigenvalue weighted by atomic mass is 10.0. The number of aldehydes is 1. The number of carbonyl (C=O) groups excluding carboxylic acids is 2. The molecule has 168 valence electrons. The molecule has 3 aromatic rings. The highest BCUT2D eigenvalue weighted by Crippen LogP contribution is 2.62. The van der Waals surface area contributed by atoms with Gasteiger partial charge in [0.2, 0.25) is 5.91 Å². The fourth-order valence-corrected chi connectivity index (χ4v) is 5.17. The number of rotatable bonds is 8. The summed E-state index contributed by atoms with van der Waals surface area (Å²) in [6, 6.07) is 15.5. The van der Waals surface area contributed by atoms with E-state index in [0.717, 1.165) is 34.6 Å². The first-order valence-electron chi connectivity index (χ1n) is 11.1. The van der Waals surface area contributed by atoms with Crippen LogP contribution in [0.25, 0.3) is 0 Å². The molecule has 5 rings (SSSR count). The molecule has 2 N–H and O–H groups in total. The minimum absolute atomic E-state index is 0.0272. The molecule has 1 fully saturated rings. The summed E-state index contributed by atoms with van der Waals surface area (Å²) in [4.78, 5) is 28.9. The summed E-state index contributed by atoms with van der Waals surface area (Å²) in [6.45, 7) is 0.